The molecule has 0 aliphatic heterocycles. The van der Waals surface area contributed by atoms with Gasteiger partial charge in [0.1, 0.15) is 0 Å². The maximum absolute atomic E-state index is 13.0. The molecule has 0 aromatic carbocycles. The molecule has 28 heavy (non-hydrogen) atoms. The van der Waals surface area contributed by atoms with Crippen molar-refractivity contribution in [2.45, 2.75) is 48.5 Å². The Kier molecular flexibility index (Phi) is 6.00. The van der Waals surface area contributed by atoms with Gasteiger partial charge in [-0.2, -0.15) is 83.4 Å². The monoisotopic (exact) mass is 471 g/mol. The number of halogens is 19. The summed E-state index contributed by atoms with van der Waals surface area (Å²) in [7, 11) is 0. The highest BCUT2D eigenvalue weighted by molar-refractivity contribution is 5.10. The van der Waals surface area contributed by atoms with E-state index in [1.165, 1.54) is 0 Å². The van der Waals surface area contributed by atoms with Gasteiger partial charge in [0.25, 0.3) is 0 Å². The van der Waals surface area contributed by atoms with Crippen molar-refractivity contribution in [2.24, 2.45) is 0 Å². The predicted molar refractivity (Wildman–Crippen MR) is 44.7 cm³/mol. The Morgan fingerprint density at radius 1 is 0.321 bits per heavy atom. The summed E-state index contributed by atoms with van der Waals surface area (Å²) in [5, 5.41) is 0. The van der Waals surface area contributed by atoms with Crippen molar-refractivity contribution >= 4 is 0 Å². The molecular weight excluding hydrogens is 471 g/mol. The Morgan fingerprint density at radius 2 is 0.571 bits per heavy atom. The summed E-state index contributed by atoms with van der Waals surface area (Å²) in [5.41, 5.74) is 0. The summed E-state index contributed by atoms with van der Waals surface area (Å²) in [6.07, 6.45) is -23.4. The molecule has 0 fully saturated rings. The second-order valence-corrected chi connectivity index (χ2v) is 4.61. The smallest absolute Gasteiger partial charge is 0.192 e. The van der Waals surface area contributed by atoms with Gasteiger partial charge in [0, 0.05) is 0 Å². The van der Waals surface area contributed by atoms with Gasteiger partial charge in [-0.25, -0.2) is 0 Å². The van der Waals surface area contributed by atoms with E-state index < -0.39 is 53.4 Å². The Bertz CT molecular complexity index is 546. The quantitative estimate of drug-likeness (QED) is 0.350. The molecule has 0 aliphatic carbocycles. The average Bonchev–Trinajstić information content (AvgIpc) is 2.31. The average molecular weight is 471 g/mol. The zero-order chi connectivity index (χ0) is 23.6. The number of alkyl halides is 19. The van der Waals surface area contributed by atoms with E-state index in [2.05, 4.69) is 0 Å². The fraction of sp³-hybridized carbons (Fsp3) is 1.00. The Hall–Kier alpha value is -1.37. The minimum atomic E-state index is -8.79. The zero-order valence-corrected chi connectivity index (χ0v) is 11.6. The van der Waals surface area contributed by atoms with Crippen molar-refractivity contribution in [3.05, 3.63) is 0 Å². The largest absolute Gasteiger partial charge is 0.472 e. The Labute approximate surface area is 138 Å². The van der Waals surface area contributed by atoms with Crippen molar-refractivity contribution < 1.29 is 83.4 Å². The van der Waals surface area contributed by atoms with Crippen LogP contribution in [0, 0.1) is 0 Å². The van der Waals surface area contributed by atoms with Gasteiger partial charge in [0.05, 0.1) is 0 Å². The number of rotatable bonds is 5. The van der Waals surface area contributed by atoms with E-state index in [9.17, 15) is 83.4 Å². The Morgan fingerprint density at radius 3 is 0.786 bits per heavy atom. The minimum absolute atomic E-state index is 4.66. The fourth-order valence-electron chi connectivity index (χ4n) is 1.36. The molecule has 0 radical (unpaired) electrons. The second kappa shape index (κ2) is 6.31. The van der Waals surface area contributed by atoms with E-state index in [1.807, 2.05) is 0 Å². The summed E-state index contributed by atoms with van der Waals surface area (Å²) in [5.74, 6) is -34.5. The van der Waals surface area contributed by atoms with Crippen molar-refractivity contribution in [2.75, 3.05) is 0 Å². The maximum atomic E-state index is 13.0. The molecule has 0 saturated heterocycles. The van der Waals surface area contributed by atoms with Crippen LogP contribution in [-0.4, -0.2) is 53.4 Å². The van der Waals surface area contributed by atoms with Crippen LogP contribution in [0.2, 0.25) is 0 Å². The molecule has 0 bridgehead atoms. The van der Waals surface area contributed by atoms with Gasteiger partial charge < -0.3 is 0 Å². The molecule has 20 heteroatoms. The molecule has 0 atom stereocenters. The summed E-state index contributed by atoms with van der Waals surface area (Å²) >= 11 is 0. The molecule has 0 saturated carbocycles. The van der Waals surface area contributed by atoms with Gasteiger partial charge >= 0.3 is 48.5 Å². The predicted octanol–water partition coefficient (Wildman–Crippen LogP) is 6.02. The molecule has 0 unspecified atom stereocenters. The molecule has 1 nitrogen and oxygen atoms in total. The van der Waals surface area contributed by atoms with Gasteiger partial charge in [0.2, 0.25) is 0 Å². The normalized spacial score (nSPS) is 16.7. The zero-order valence-electron chi connectivity index (χ0n) is 11.6. The highest BCUT2D eigenvalue weighted by atomic mass is 19.4. The lowest BCUT2D eigenvalue weighted by atomic mass is 9.96. The lowest BCUT2D eigenvalue weighted by Crippen LogP contribution is -2.75. The fourth-order valence-corrected chi connectivity index (χ4v) is 1.36. The third kappa shape index (κ3) is 3.62. The van der Waals surface area contributed by atoms with Crippen LogP contribution in [-0.2, 0) is 0 Å². The third-order valence-electron chi connectivity index (χ3n) is 2.70. The van der Waals surface area contributed by atoms with Crippen LogP contribution in [0.15, 0.2) is 0 Å². The first-order chi connectivity index (χ1) is 11.6. The second-order valence-electron chi connectivity index (χ2n) is 4.61. The Balaban J connectivity index is 6.78. The highest BCUT2D eigenvalue weighted by Crippen LogP contribution is 2.62. The minimum Gasteiger partial charge on any atom is -0.192 e. The van der Waals surface area contributed by atoms with E-state index in [0.29, 0.717) is 0 Å². The molecular formula is C8F19N. The van der Waals surface area contributed by atoms with E-state index in [1.54, 1.807) is 0 Å². The van der Waals surface area contributed by atoms with Gasteiger partial charge in [-0.15, -0.1) is 0 Å². The molecule has 0 aromatic rings. The van der Waals surface area contributed by atoms with Crippen LogP contribution in [0.3, 0.4) is 0 Å². The first-order valence-electron chi connectivity index (χ1n) is 5.51. The van der Waals surface area contributed by atoms with E-state index >= 15 is 0 Å². The molecule has 0 aromatic heterocycles. The van der Waals surface area contributed by atoms with Crippen LogP contribution in [0.25, 0.3) is 0 Å². The SMILES string of the molecule is FC(F)(F)N(C(F)(F)F)C(F)(F)C(F)(F)C(F)(F)C(F)(F)C(F)(F)C(F)(F)F. The van der Waals surface area contributed by atoms with Gasteiger partial charge in [-0.05, 0) is 0 Å². The molecule has 0 heterocycles. The summed E-state index contributed by atoms with van der Waals surface area (Å²) in [4.78, 5) is -4.66. The van der Waals surface area contributed by atoms with Crippen molar-refractivity contribution in [1.29, 1.82) is 0 Å². The first-order valence-corrected chi connectivity index (χ1v) is 5.51. The third-order valence-corrected chi connectivity index (χ3v) is 2.70. The van der Waals surface area contributed by atoms with Crippen LogP contribution in [0.4, 0.5) is 83.4 Å². The molecule has 0 aliphatic rings. The van der Waals surface area contributed by atoms with Crippen LogP contribution in [0.5, 0.6) is 0 Å². The molecule has 0 N–H and O–H groups in total. The number of hydrogen-bond donors (Lipinski definition) is 0. The van der Waals surface area contributed by atoms with Crippen LogP contribution < -0.4 is 0 Å². The van der Waals surface area contributed by atoms with Crippen molar-refractivity contribution in [1.82, 2.24) is 4.90 Å². The van der Waals surface area contributed by atoms with Gasteiger partial charge in [-0.3, -0.25) is 0 Å². The molecule has 170 valence electrons. The van der Waals surface area contributed by atoms with Gasteiger partial charge in [0.15, 0.2) is 0 Å². The lowest BCUT2D eigenvalue weighted by Gasteiger charge is -2.43. The summed E-state index contributed by atoms with van der Waals surface area (Å²) in [6, 6.07) is -8.52. The molecule has 0 rings (SSSR count). The summed E-state index contributed by atoms with van der Waals surface area (Å²) in [6.45, 7) is 0. The number of nitrogens with zero attached hydrogens (tertiary/aromatic N) is 1. The molecule has 0 amide bonds. The van der Waals surface area contributed by atoms with Crippen LogP contribution >= 0.6 is 0 Å². The maximum Gasteiger partial charge on any atom is 0.472 e. The number of hydrogen-bond acceptors (Lipinski definition) is 1. The lowest BCUT2D eigenvalue weighted by molar-refractivity contribution is -0.503. The van der Waals surface area contributed by atoms with E-state index in [0.717, 1.165) is 0 Å². The van der Waals surface area contributed by atoms with Gasteiger partial charge in [-0.1, -0.05) is 4.90 Å². The topological polar surface area (TPSA) is 3.24 Å². The van der Waals surface area contributed by atoms with Crippen molar-refractivity contribution in [3.63, 3.8) is 0 Å². The van der Waals surface area contributed by atoms with Crippen molar-refractivity contribution in [3.8, 4) is 0 Å². The first kappa shape index (κ1) is 26.6. The van der Waals surface area contributed by atoms with E-state index in [4.69, 9.17) is 0 Å². The highest BCUT2D eigenvalue weighted by Gasteiger charge is 2.93. The standard InChI is InChI=1S/C8F19N/c9-1(10,3(13,14)5(17,18)19)2(11,12)4(15,16)6(20,21)28(7(22,23)24)8(25,26)27. The van der Waals surface area contributed by atoms with Crippen LogP contribution in [0.1, 0.15) is 0 Å². The van der Waals surface area contributed by atoms with E-state index in [-0.39, 0.29) is 0 Å². The summed E-state index contributed by atoms with van der Waals surface area (Å²) < 4.78 is 235. The molecule has 0 spiro atoms.